The van der Waals surface area contributed by atoms with Crippen molar-refractivity contribution in [2.45, 2.75) is 13.0 Å². The molecule has 21 heavy (non-hydrogen) atoms. The molecule has 0 unspecified atom stereocenters. The minimum Gasteiger partial charge on any atom is -0.338 e. The quantitative estimate of drug-likeness (QED) is 0.896. The molecule has 1 heterocycles. The molecule has 1 fully saturated rings. The van der Waals surface area contributed by atoms with Crippen molar-refractivity contribution in [3.63, 3.8) is 0 Å². The molecule has 1 aliphatic heterocycles. The van der Waals surface area contributed by atoms with Crippen molar-refractivity contribution in [1.29, 1.82) is 0 Å². The van der Waals surface area contributed by atoms with E-state index in [0.29, 0.717) is 41.8 Å². The maximum atomic E-state index is 12.4. The monoisotopic (exact) mass is 329 g/mol. The lowest BCUT2D eigenvalue weighted by Crippen LogP contribution is -2.53. The Hall–Kier alpha value is -1.30. The van der Waals surface area contributed by atoms with Crippen molar-refractivity contribution in [2.75, 3.05) is 26.2 Å². The summed E-state index contributed by atoms with van der Waals surface area (Å²) in [6, 6.07) is 4.29. The van der Waals surface area contributed by atoms with Crippen molar-refractivity contribution in [3.05, 3.63) is 33.8 Å². The zero-order chi connectivity index (χ0) is 15.6. The fourth-order valence-electron chi connectivity index (χ4n) is 2.25. The standard InChI is InChI=1S/C14H17Cl2N3O2/c1-9(17)13(20)18-4-6-19(7-5-18)14(21)11-3-2-10(15)8-12(11)16/h2-3,8-9H,4-7,17H2,1H3/t9-/m1/s1. The van der Waals surface area contributed by atoms with Crippen LogP contribution >= 0.6 is 23.2 Å². The van der Waals surface area contributed by atoms with E-state index in [9.17, 15) is 9.59 Å². The number of amides is 2. The van der Waals surface area contributed by atoms with E-state index >= 15 is 0 Å². The molecule has 0 radical (unpaired) electrons. The van der Waals surface area contributed by atoms with Gasteiger partial charge in [-0.1, -0.05) is 23.2 Å². The molecule has 0 aromatic heterocycles. The molecule has 0 bridgehead atoms. The first-order chi connectivity index (χ1) is 9.90. The van der Waals surface area contributed by atoms with Gasteiger partial charge in [-0.3, -0.25) is 9.59 Å². The second-order valence-electron chi connectivity index (χ2n) is 5.03. The molecule has 2 rings (SSSR count). The van der Waals surface area contributed by atoms with Gasteiger partial charge in [0.2, 0.25) is 5.91 Å². The Labute approximate surface area is 133 Å². The molecule has 2 N–H and O–H groups in total. The molecule has 0 saturated carbocycles. The zero-order valence-electron chi connectivity index (χ0n) is 11.7. The van der Waals surface area contributed by atoms with E-state index in [4.69, 9.17) is 28.9 Å². The highest BCUT2D eigenvalue weighted by Crippen LogP contribution is 2.22. The molecule has 1 saturated heterocycles. The normalized spacial score (nSPS) is 16.8. The minimum absolute atomic E-state index is 0.0911. The molecule has 0 aliphatic carbocycles. The summed E-state index contributed by atoms with van der Waals surface area (Å²) in [6.07, 6.45) is 0. The molecular formula is C14H17Cl2N3O2. The Balaban J connectivity index is 2.02. The van der Waals surface area contributed by atoms with Crippen molar-refractivity contribution in [1.82, 2.24) is 9.80 Å². The van der Waals surface area contributed by atoms with Gasteiger partial charge in [0.15, 0.2) is 0 Å². The Bertz CT molecular complexity index is 555. The van der Waals surface area contributed by atoms with E-state index in [2.05, 4.69) is 0 Å². The second-order valence-corrected chi connectivity index (χ2v) is 5.87. The number of hydrogen-bond donors (Lipinski definition) is 1. The van der Waals surface area contributed by atoms with E-state index in [1.54, 1.807) is 34.9 Å². The summed E-state index contributed by atoms with van der Waals surface area (Å²) in [5, 5.41) is 0.825. The number of carbonyl (C=O) groups is 2. The molecule has 1 aromatic carbocycles. The molecular weight excluding hydrogens is 313 g/mol. The molecule has 5 nitrogen and oxygen atoms in total. The van der Waals surface area contributed by atoms with Gasteiger partial charge in [0.1, 0.15) is 0 Å². The first kappa shape index (κ1) is 16.1. The summed E-state index contributed by atoms with van der Waals surface area (Å²) in [4.78, 5) is 27.6. The number of nitrogens with two attached hydrogens (primary N) is 1. The number of benzene rings is 1. The molecule has 1 aromatic rings. The second kappa shape index (κ2) is 6.64. The Morgan fingerprint density at radius 3 is 2.24 bits per heavy atom. The first-order valence-corrected chi connectivity index (χ1v) is 7.44. The van der Waals surface area contributed by atoms with Crippen LogP contribution in [0.3, 0.4) is 0 Å². The summed E-state index contributed by atoms with van der Waals surface area (Å²) in [5.41, 5.74) is 6.01. The highest BCUT2D eigenvalue weighted by atomic mass is 35.5. The topological polar surface area (TPSA) is 66.6 Å². The van der Waals surface area contributed by atoms with Gasteiger partial charge in [-0.25, -0.2) is 0 Å². The lowest BCUT2D eigenvalue weighted by Gasteiger charge is -2.35. The number of carbonyl (C=O) groups excluding carboxylic acids is 2. The van der Waals surface area contributed by atoms with Gasteiger partial charge in [0.25, 0.3) is 5.91 Å². The SMILES string of the molecule is C[C@@H](N)C(=O)N1CCN(C(=O)c2ccc(Cl)cc2Cl)CC1. The Morgan fingerprint density at radius 2 is 1.71 bits per heavy atom. The van der Waals surface area contributed by atoms with E-state index in [1.165, 1.54) is 0 Å². The van der Waals surface area contributed by atoms with Crippen molar-refractivity contribution < 1.29 is 9.59 Å². The third kappa shape index (κ3) is 3.67. The van der Waals surface area contributed by atoms with Gasteiger partial charge in [0, 0.05) is 31.2 Å². The average Bonchev–Trinajstić information content (AvgIpc) is 2.46. The fraction of sp³-hybridized carbons (Fsp3) is 0.429. The Kier molecular flexibility index (Phi) is 5.08. The van der Waals surface area contributed by atoms with E-state index in [0.717, 1.165) is 0 Å². The van der Waals surface area contributed by atoms with E-state index < -0.39 is 6.04 Å². The van der Waals surface area contributed by atoms with Gasteiger partial charge in [0.05, 0.1) is 16.6 Å². The van der Waals surface area contributed by atoms with E-state index in [1.807, 2.05) is 0 Å². The third-order valence-corrected chi connectivity index (χ3v) is 3.98. The van der Waals surface area contributed by atoms with Crippen LogP contribution in [0.2, 0.25) is 10.0 Å². The first-order valence-electron chi connectivity index (χ1n) is 6.69. The summed E-state index contributed by atoms with van der Waals surface area (Å²) < 4.78 is 0. The van der Waals surface area contributed by atoms with Crippen LogP contribution in [0.15, 0.2) is 18.2 Å². The third-order valence-electron chi connectivity index (χ3n) is 3.43. The average molecular weight is 330 g/mol. The van der Waals surface area contributed by atoms with Crippen molar-refractivity contribution in [2.24, 2.45) is 5.73 Å². The predicted molar refractivity (Wildman–Crippen MR) is 82.6 cm³/mol. The fourth-order valence-corrected chi connectivity index (χ4v) is 2.74. The van der Waals surface area contributed by atoms with Crippen LogP contribution in [0.1, 0.15) is 17.3 Å². The van der Waals surface area contributed by atoms with Crippen molar-refractivity contribution in [3.8, 4) is 0 Å². The maximum Gasteiger partial charge on any atom is 0.255 e. The minimum atomic E-state index is -0.516. The van der Waals surface area contributed by atoms with Gasteiger partial charge >= 0.3 is 0 Å². The number of hydrogen-bond acceptors (Lipinski definition) is 3. The highest BCUT2D eigenvalue weighted by Gasteiger charge is 2.26. The van der Waals surface area contributed by atoms with Gasteiger partial charge in [-0.15, -0.1) is 0 Å². The summed E-state index contributed by atoms with van der Waals surface area (Å²) in [5.74, 6) is -0.240. The summed E-state index contributed by atoms with van der Waals surface area (Å²) >= 11 is 11.9. The van der Waals surface area contributed by atoms with Crippen LogP contribution in [-0.2, 0) is 4.79 Å². The number of nitrogens with zero attached hydrogens (tertiary/aromatic N) is 2. The van der Waals surface area contributed by atoms with Crippen LogP contribution in [0.25, 0.3) is 0 Å². The van der Waals surface area contributed by atoms with E-state index in [-0.39, 0.29) is 11.8 Å². The summed E-state index contributed by atoms with van der Waals surface area (Å²) in [7, 11) is 0. The molecule has 1 aliphatic rings. The van der Waals surface area contributed by atoms with Crippen LogP contribution in [-0.4, -0.2) is 53.8 Å². The Morgan fingerprint density at radius 1 is 1.14 bits per heavy atom. The lowest BCUT2D eigenvalue weighted by molar-refractivity contribution is -0.133. The van der Waals surface area contributed by atoms with Crippen LogP contribution in [0.5, 0.6) is 0 Å². The molecule has 7 heteroatoms. The number of piperazine rings is 1. The zero-order valence-corrected chi connectivity index (χ0v) is 13.2. The summed E-state index contributed by atoms with van der Waals surface area (Å²) in [6.45, 7) is 3.56. The predicted octanol–water partition coefficient (Wildman–Crippen LogP) is 1.63. The number of rotatable bonds is 2. The highest BCUT2D eigenvalue weighted by molar-refractivity contribution is 6.36. The molecule has 0 spiro atoms. The van der Waals surface area contributed by atoms with Crippen molar-refractivity contribution >= 4 is 35.0 Å². The molecule has 1 atom stereocenters. The van der Waals surface area contributed by atoms with Crippen LogP contribution in [0.4, 0.5) is 0 Å². The smallest absolute Gasteiger partial charge is 0.255 e. The van der Waals surface area contributed by atoms with Crippen LogP contribution in [0, 0.1) is 0 Å². The molecule has 114 valence electrons. The van der Waals surface area contributed by atoms with Gasteiger partial charge in [-0.2, -0.15) is 0 Å². The molecule has 2 amide bonds. The van der Waals surface area contributed by atoms with Crippen LogP contribution < -0.4 is 5.73 Å². The largest absolute Gasteiger partial charge is 0.338 e. The number of halogens is 2. The maximum absolute atomic E-state index is 12.4. The van der Waals surface area contributed by atoms with Gasteiger partial charge in [-0.05, 0) is 25.1 Å². The lowest BCUT2D eigenvalue weighted by atomic mass is 10.1. The van der Waals surface area contributed by atoms with Gasteiger partial charge < -0.3 is 15.5 Å².